The van der Waals surface area contributed by atoms with Gasteiger partial charge in [-0.3, -0.25) is 4.98 Å². The first-order valence-electron chi connectivity index (χ1n) is 6.01. The van der Waals surface area contributed by atoms with E-state index in [1.807, 2.05) is 30.3 Å². The molecule has 0 radical (unpaired) electrons. The molecule has 2 aromatic rings. The Morgan fingerprint density at radius 2 is 2.06 bits per heavy atom. The van der Waals surface area contributed by atoms with Crippen LogP contribution in [0.2, 0.25) is 0 Å². The Kier molecular flexibility index (Phi) is 4.31. The molecule has 0 bridgehead atoms. The van der Waals surface area contributed by atoms with E-state index < -0.39 is 0 Å². The first-order chi connectivity index (χ1) is 8.85. The van der Waals surface area contributed by atoms with E-state index in [1.165, 1.54) is 5.56 Å². The van der Waals surface area contributed by atoms with Crippen molar-refractivity contribution in [3.8, 4) is 17.0 Å². The Balaban J connectivity index is 2.37. The Morgan fingerprint density at radius 3 is 2.72 bits per heavy atom. The van der Waals surface area contributed by atoms with Crippen LogP contribution in [-0.2, 0) is 11.2 Å². The Bertz CT molecular complexity index is 497. The summed E-state index contributed by atoms with van der Waals surface area (Å²) in [5.41, 5.74) is 3.35. The highest BCUT2D eigenvalue weighted by molar-refractivity contribution is 5.65. The number of nitrogens with zero attached hydrogens (tertiary/aromatic N) is 1. The molecule has 94 valence electrons. The lowest BCUT2D eigenvalue weighted by molar-refractivity contribution is 0.0511. The third kappa shape index (κ3) is 2.87. The number of hydrogen-bond donors (Lipinski definition) is 0. The van der Waals surface area contributed by atoms with Gasteiger partial charge in [0.25, 0.3) is 0 Å². The molecule has 3 nitrogen and oxygen atoms in total. The van der Waals surface area contributed by atoms with Crippen LogP contribution in [0.1, 0.15) is 12.5 Å². The highest BCUT2D eigenvalue weighted by Crippen LogP contribution is 2.27. The minimum absolute atomic E-state index is 0.257. The van der Waals surface area contributed by atoms with E-state index in [4.69, 9.17) is 9.47 Å². The lowest BCUT2D eigenvalue weighted by atomic mass is 10.0. The van der Waals surface area contributed by atoms with Crippen LogP contribution in [0.25, 0.3) is 11.3 Å². The fourth-order valence-electron chi connectivity index (χ4n) is 1.84. The molecular weight excluding hydrogens is 226 g/mol. The number of rotatable bonds is 5. The number of benzene rings is 1. The largest absolute Gasteiger partial charge is 0.468 e. The summed E-state index contributed by atoms with van der Waals surface area (Å²) >= 11 is 0. The van der Waals surface area contributed by atoms with Crippen molar-refractivity contribution >= 4 is 0 Å². The van der Waals surface area contributed by atoms with Gasteiger partial charge in [0.05, 0.1) is 5.69 Å². The monoisotopic (exact) mass is 243 g/mol. The summed E-state index contributed by atoms with van der Waals surface area (Å²) in [5, 5.41) is 0. The maximum Gasteiger partial charge on any atom is 0.188 e. The van der Waals surface area contributed by atoms with Gasteiger partial charge in [0.1, 0.15) is 5.75 Å². The zero-order valence-electron chi connectivity index (χ0n) is 10.7. The molecule has 0 aliphatic heterocycles. The summed E-state index contributed by atoms with van der Waals surface area (Å²) < 4.78 is 10.4. The molecule has 18 heavy (non-hydrogen) atoms. The van der Waals surface area contributed by atoms with Crippen molar-refractivity contribution in [2.45, 2.75) is 13.3 Å². The summed E-state index contributed by atoms with van der Waals surface area (Å²) in [6.45, 7) is 2.39. The maximum absolute atomic E-state index is 5.47. The van der Waals surface area contributed by atoms with Crippen LogP contribution in [0.4, 0.5) is 0 Å². The summed E-state index contributed by atoms with van der Waals surface area (Å²) in [6.07, 6.45) is 2.77. The van der Waals surface area contributed by atoms with Crippen LogP contribution in [0.5, 0.6) is 5.75 Å². The van der Waals surface area contributed by atoms with Gasteiger partial charge < -0.3 is 9.47 Å². The predicted octanol–water partition coefficient (Wildman–Crippen LogP) is 3.29. The minimum Gasteiger partial charge on any atom is -0.468 e. The SMILES string of the molecule is CCc1ccc(OCOC)cc1-c1ccccn1. The molecule has 0 amide bonds. The predicted molar refractivity (Wildman–Crippen MR) is 71.6 cm³/mol. The van der Waals surface area contributed by atoms with Gasteiger partial charge in [0, 0.05) is 18.9 Å². The molecule has 2 rings (SSSR count). The molecule has 0 fully saturated rings. The first-order valence-corrected chi connectivity index (χ1v) is 6.01. The Labute approximate surface area is 107 Å². The van der Waals surface area contributed by atoms with Gasteiger partial charge in [0.15, 0.2) is 6.79 Å². The van der Waals surface area contributed by atoms with E-state index in [-0.39, 0.29) is 6.79 Å². The van der Waals surface area contributed by atoms with Crippen molar-refractivity contribution in [1.82, 2.24) is 4.98 Å². The van der Waals surface area contributed by atoms with Gasteiger partial charge in [-0.2, -0.15) is 0 Å². The molecule has 0 aliphatic rings. The smallest absolute Gasteiger partial charge is 0.188 e. The second-order valence-corrected chi connectivity index (χ2v) is 3.94. The topological polar surface area (TPSA) is 31.4 Å². The molecule has 0 spiro atoms. The van der Waals surface area contributed by atoms with Gasteiger partial charge in [-0.25, -0.2) is 0 Å². The van der Waals surface area contributed by atoms with Crippen molar-refractivity contribution in [3.05, 3.63) is 48.2 Å². The highest BCUT2D eigenvalue weighted by Gasteiger charge is 2.06. The van der Waals surface area contributed by atoms with Crippen molar-refractivity contribution in [3.63, 3.8) is 0 Å². The second kappa shape index (κ2) is 6.17. The second-order valence-electron chi connectivity index (χ2n) is 3.94. The van der Waals surface area contributed by atoms with Crippen molar-refractivity contribution < 1.29 is 9.47 Å². The van der Waals surface area contributed by atoms with Crippen molar-refractivity contribution in [2.75, 3.05) is 13.9 Å². The third-order valence-corrected chi connectivity index (χ3v) is 2.75. The average molecular weight is 243 g/mol. The van der Waals surface area contributed by atoms with Gasteiger partial charge >= 0.3 is 0 Å². The summed E-state index contributed by atoms with van der Waals surface area (Å²) in [5.74, 6) is 0.801. The van der Waals surface area contributed by atoms with Crippen LogP contribution in [0, 0.1) is 0 Å². The number of aryl methyl sites for hydroxylation is 1. The molecule has 0 saturated heterocycles. The molecule has 0 saturated carbocycles. The summed E-state index contributed by atoms with van der Waals surface area (Å²) in [4.78, 5) is 4.39. The van der Waals surface area contributed by atoms with Crippen molar-refractivity contribution in [2.24, 2.45) is 0 Å². The standard InChI is InChI=1S/C15H17NO2/c1-3-12-7-8-13(18-11-17-2)10-14(12)15-6-4-5-9-16-15/h4-10H,3,11H2,1-2H3. The van der Waals surface area contributed by atoms with Gasteiger partial charge in [0.2, 0.25) is 0 Å². The molecule has 0 unspecified atom stereocenters. The number of methoxy groups -OCH3 is 1. The van der Waals surface area contributed by atoms with Crippen LogP contribution in [0.3, 0.4) is 0 Å². The van der Waals surface area contributed by atoms with Crippen LogP contribution < -0.4 is 4.74 Å². The van der Waals surface area contributed by atoms with E-state index in [1.54, 1.807) is 13.3 Å². The fourth-order valence-corrected chi connectivity index (χ4v) is 1.84. The average Bonchev–Trinajstić information content (AvgIpc) is 2.45. The molecule has 1 aromatic heterocycles. The highest BCUT2D eigenvalue weighted by atomic mass is 16.7. The van der Waals surface area contributed by atoms with Crippen LogP contribution in [0.15, 0.2) is 42.6 Å². The fraction of sp³-hybridized carbons (Fsp3) is 0.267. The van der Waals surface area contributed by atoms with Gasteiger partial charge in [-0.15, -0.1) is 0 Å². The number of ether oxygens (including phenoxy) is 2. The van der Waals surface area contributed by atoms with E-state index in [0.29, 0.717) is 0 Å². The molecule has 1 heterocycles. The quantitative estimate of drug-likeness (QED) is 0.755. The zero-order chi connectivity index (χ0) is 12.8. The maximum atomic E-state index is 5.47. The minimum atomic E-state index is 0.257. The lowest BCUT2D eigenvalue weighted by Crippen LogP contribution is -2.00. The Morgan fingerprint density at radius 1 is 1.17 bits per heavy atom. The molecule has 0 N–H and O–H groups in total. The van der Waals surface area contributed by atoms with Crippen LogP contribution in [-0.4, -0.2) is 18.9 Å². The zero-order valence-corrected chi connectivity index (χ0v) is 10.7. The first kappa shape index (κ1) is 12.6. The lowest BCUT2D eigenvalue weighted by Gasteiger charge is -2.11. The van der Waals surface area contributed by atoms with Crippen molar-refractivity contribution in [1.29, 1.82) is 0 Å². The molecule has 0 aliphatic carbocycles. The van der Waals surface area contributed by atoms with Gasteiger partial charge in [-0.05, 0) is 36.2 Å². The number of pyridine rings is 1. The summed E-state index contributed by atoms with van der Waals surface area (Å²) in [6, 6.07) is 12.0. The Hall–Kier alpha value is -1.87. The molecule has 1 aromatic carbocycles. The molecular formula is C15H17NO2. The normalized spacial score (nSPS) is 10.3. The third-order valence-electron chi connectivity index (χ3n) is 2.75. The van der Waals surface area contributed by atoms with Gasteiger partial charge in [-0.1, -0.05) is 19.1 Å². The number of aromatic nitrogens is 1. The number of hydrogen-bond acceptors (Lipinski definition) is 3. The molecule has 0 atom stereocenters. The van der Waals surface area contributed by atoms with E-state index in [9.17, 15) is 0 Å². The van der Waals surface area contributed by atoms with E-state index in [2.05, 4.69) is 18.0 Å². The van der Waals surface area contributed by atoms with E-state index in [0.717, 1.165) is 23.4 Å². The molecule has 3 heteroatoms. The van der Waals surface area contributed by atoms with E-state index >= 15 is 0 Å². The summed E-state index contributed by atoms with van der Waals surface area (Å²) in [7, 11) is 1.61. The van der Waals surface area contributed by atoms with Crippen LogP contribution >= 0.6 is 0 Å².